The third-order valence-corrected chi connectivity index (χ3v) is 4.21. The number of hydrogen-bond donors (Lipinski definition) is 1. The Morgan fingerprint density at radius 2 is 2.06 bits per heavy atom. The van der Waals surface area contributed by atoms with E-state index in [0.717, 1.165) is 11.5 Å². The fourth-order valence-electron chi connectivity index (χ4n) is 3.13. The molecule has 1 aromatic rings. The maximum absolute atomic E-state index is 13.1. The van der Waals surface area contributed by atoms with E-state index in [2.05, 4.69) is 11.9 Å². The molecule has 0 aromatic carbocycles. The molecule has 1 saturated carbocycles. The van der Waals surface area contributed by atoms with Crippen LogP contribution < -0.4 is 5.73 Å². The molecule has 0 amide bonds. The van der Waals surface area contributed by atoms with Gasteiger partial charge in [-0.25, -0.2) is 4.39 Å². The van der Waals surface area contributed by atoms with Crippen molar-refractivity contribution in [2.75, 3.05) is 0 Å². The van der Waals surface area contributed by atoms with E-state index in [1.54, 1.807) is 6.20 Å². The van der Waals surface area contributed by atoms with Crippen molar-refractivity contribution in [3.63, 3.8) is 0 Å². The molecule has 1 aliphatic rings. The van der Waals surface area contributed by atoms with Crippen molar-refractivity contribution < 1.29 is 4.39 Å². The smallest absolute Gasteiger partial charge is 0.141 e. The van der Waals surface area contributed by atoms with Crippen molar-refractivity contribution >= 4 is 0 Å². The van der Waals surface area contributed by atoms with Crippen molar-refractivity contribution in [1.82, 2.24) is 4.98 Å². The molecule has 1 fully saturated rings. The average molecular weight is 250 g/mol. The van der Waals surface area contributed by atoms with E-state index in [4.69, 9.17) is 5.73 Å². The summed E-state index contributed by atoms with van der Waals surface area (Å²) in [6.07, 6.45) is 10.4. The summed E-state index contributed by atoms with van der Waals surface area (Å²) in [6.45, 7) is 2.25. The maximum Gasteiger partial charge on any atom is 0.141 e. The zero-order chi connectivity index (χ0) is 13.0. The van der Waals surface area contributed by atoms with Crippen molar-refractivity contribution in [1.29, 1.82) is 0 Å². The second kappa shape index (κ2) is 6.28. The lowest BCUT2D eigenvalue weighted by atomic mass is 9.76. The maximum atomic E-state index is 13.1. The van der Waals surface area contributed by atoms with Crippen LogP contribution in [0.2, 0.25) is 0 Å². The molecule has 2 N–H and O–H groups in total. The molecule has 2 nitrogen and oxygen atoms in total. The van der Waals surface area contributed by atoms with E-state index in [9.17, 15) is 4.39 Å². The number of nitrogens with two attached hydrogens (primary N) is 1. The predicted molar refractivity (Wildman–Crippen MR) is 71.5 cm³/mol. The minimum absolute atomic E-state index is 0.0595. The van der Waals surface area contributed by atoms with Crippen LogP contribution in [-0.2, 0) is 0 Å². The van der Waals surface area contributed by atoms with Crippen molar-refractivity contribution in [3.8, 4) is 0 Å². The van der Waals surface area contributed by atoms with Crippen LogP contribution in [0, 0.1) is 17.7 Å². The highest BCUT2D eigenvalue weighted by atomic mass is 19.1. The van der Waals surface area contributed by atoms with E-state index in [-0.39, 0.29) is 11.9 Å². The average Bonchev–Trinajstić information content (AvgIpc) is 2.39. The van der Waals surface area contributed by atoms with Crippen molar-refractivity contribution in [3.05, 3.63) is 29.8 Å². The molecule has 1 heterocycles. The van der Waals surface area contributed by atoms with Gasteiger partial charge in [0.25, 0.3) is 0 Å². The van der Waals surface area contributed by atoms with Crippen LogP contribution >= 0.6 is 0 Å². The Balaban J connectivity index is 1.93. The Morgan fingerprint density at radius 3 is 2.67 bits per heavy atom. The first-order valence-electron chi connectivity index (χ1n) is 7.06. The number of aromatic nitrogens is 1. The van der Waals surface area contributed by atoms with E-state index in [1.807, 2.05) is 0 Å². The molecule has 100 valence electrons. The lowest BCUT2D eigenvalue weighted by Crippen LogP contribution is -2.26. The third kappa shape index (κ3) is 3.29. The Kier molecular flexibility index (Phi) is 4.70. The van der Waals surface area contributed by atoms with Crippen LogP contribution in [0.25, 0.3) is 0 Å². The quantitative estimate of drug-likeness (QED) is 0.882. The molecule has 1 unspecified atom stereocenters. The minimum Gasteiger partial charge on any atom is -0.324 e. The number of nitrogens with zero attached hydrogens (tertiary/aromatic N) is 1. The van der Waals surface area contributed by atoms with E-state index >= 15 is 0 Å². The molecular formula is C15H23FN2. The third-order valence-electron chi connectivity index (χ3n) is 4.21. The van der Waals surface area contributed by atoms with Crippen LogP contribution in [-0.4, -0.2) is 4.98 Å². The highest BCUT2D eigenvalue weighted by Gasteiger charge is 2.26. The van der Waals surface area contributed by atoms with Gasteiger partial charge < -0.3 is 5.73 Å². The molecule has 0 bridgehead atoms. The zero-order valence-corrected chi connectivity index (χ0v) is 11.1. The van der Waals surface area contributed by atoms with Gasteiger partial charge in [-0.15, -0.1) is 0 Å². The Hall–Kier alpha value is -0.960. The van der Waals surface area contributed by atoms with Crippen LogP contribution in [0.3, 0.4) is 0 Å². The molecule has 0 spiro atoms. The number of pyridine rings is 1. The first-order valence-corrected chi connectivity index (χ1v) is 7.06. The van der Waals surface area contributed by atoms with Gasteiger partial charge >= 0.3 is 0 Å². The molecule has 18 heavy (non-hydrogen) atoms. The van der Waals surface area contributed by atoms with Gasteiger partial charge in [0.15, 0.2) is 0 Å². The van der Waals surface area contributed by atoms with E-state index < -0.39 is 0 Å². The summed E-state index contributed by atoms with van der Waals surface area (Å²) in [5.41, 5.74) is 7.09. The summed E-state index contributed by atoms with van der Waals surface area (Å²) in [7, 11) is 0. The second-order valence-corrected chi connectivity index (χ2v) is 5.53. The predicted octanol–water partition coefficient (Wildman–Crippen LogP) is 3.83. The lowest BCUT2D eigenvalue weighted by molar-refractivity contribution is 0.234. The highest BCUT2D eigenvalue weighted by Crippen LogP contribution is 2.37. The molecular weight excluding hydrogens is 227 g/mol. The summed E-state index contributed by atoms with van der Waals surface area (Å²) in [6, 6.07) is 1.46. The first-order chi connectivity index (χ1) is 8.70. The molecule has 0 aliphatic heterocycles. The van der Waals surface area contributed by atoms with Crippen LogP contribution in [0.5, 0.6) is 0 Å². The summed E-state index contributed by atoms with van der Waals surface area (Å²) in [5, 5.41) is 0. The van der Waals surface area contributed by atoms with Gasteiger partial charge in [-0.1, -0.05) is 32.6 Å². The summed E-state index contributed by atoms with van der Waals surface area (Å²) < 4.78 is 13.1. The largest absolute Gasteiger partial charge is 0.324 e. The SMILES string of the molecule is CCCC1CCC(C(N)c2cncc(F)c2)CC1. The Morgan fingerprint density at radius 1 is 1.33 bits per heavy atom. The molecule has 0 radical (unpaired) electrons. The Bertz CT molecular complexity index is 373. The topological polar surface area (TPSA) is 38.9 Å². The number of rotatable bonds is 4. The van der Waals surface area contributed by atoms with Crippen LogP contribution in [0.4, 0.5) is 4.39 Å². The minimum atomic E-state index is -0.289. The van der Waals surface area contributed by atoms with Gasteiger partial charge in [0.05, 0.1) is 6.20 Å². The van der Waals surface area contributed by atoms with Crippen LogP contribution in [0.1, 0.15) is 57.1 Å². The van der Waals surface area contributed by atoms with Gasteiger partial charge in [-0.3, -0.25) is 4.98 Å². The molecule has 3 heteroatoms. The second-order valence-electron chi connectivity index (χ2n) is 5.53. The normalized spacial score (nSPS) is 25.9. The van der Waals surface area contributed by atoms with Gasteiger partial charge in [-0.05, 0) is 36.3 Å². The summed E-state index contributed by atoms with van der Waals surface area (Å²) >= 11 is 0. The van der Waals surface area contributed by atoms with Crippen molar-refractivity contribution in [2.45, 2.75) is 51.5 Å². The zero-order valence-electron chi connectivity index (χ0n) is 11.1. The van der Waals surface area contributed by atoms with Gasteiger partial charge in [0.2, 0.25) is 0 Å². The standard InChI is InChI=1S/C15H23FN2/c1-2-3-11-4-6-12(7-5-11)15(17)13-8-14(16)10-18-9-13/h8-12,15H,2-7,17H2,1H3. The fraction of sp³-hybridized carbons (Fsp3) is 0.667. The van der Waals surface area contributed by atoms with Gasteiger partial charge in [-0.2, -0.15) is 0 Å². The molecule has 2 rings (SSSR count). The number of halogens is 1. The van der Waals surface area contributed by atoms with Gasteiger partial charge in [0, 0.05) is 12.2 Å². The molecule has 0 saturated heterocycles. The summed E-state index contributed by atoms with van der Waals surface area (Å²) in [5.74, 6) is 1.08. The van der Waals surface area contributed by atoms with Gasteiger partial charge in [0.1, 0.15) is 5.82 Å². The summed E-state index contributed by atoms with van der Waals surface area (Å²) in [4.78, 5) is 3.89. The van der Waals surface area contributed by atoms with Crippen molar-refractivity contribution in [2.24, 2.45) is 17.6 Å². The molecule has 1 aromatic heterocycles. The first kappa shape index (κ1) is 13.5. The lowest BCUT2D eigenvalue weighted by Gasteiger charge is -2.32. The molecule has 1 aliphatic carbocycles. The molecule has 1 atom stereocenters. The van der Waals surface area contributed by atoms with E-state index in [1.165, 1.54) is 50.8 Å². The van der Waals surface area contributed by atoms with E-state index in [0.29, 0.717) is 5.92 Å². The Labute approximate surface area is 109 Å². The fourth-order valence-corrected chi connectivity index (χ4v) is 3.13. The van der Waals surface area contributed by atoms with Crippen LogP contribution in [0.15, 0.2) is 18.5 Å². The number of hydrogen-bond acceptors (Lipinski definition) is 2. The monoisotopic (exact) mass is 250 g/mol. The highest BCUT2D eigenvalue weighted by molar-refractivity contribution is 5.15.